The van der Waals surface area contributed by atoms with Gasteiger partial charge in [0.1, 0.15) is 0 Å². The molecule has 0 atom stereocenters. The number of benzene rings is 1. The molecule has 4 heteroatoms. The Morgan fingerprint density at radius 1 is 1.10 bits per heavy atom. The molecule has 0 saturated heterocycles. The maximum Gasteiger partial charge on any atom is 0.207 e. The van der Waals surface area contributed by atoms with Gasteiger partial charge in [-0.3, -0.25) is 9.55 Å². The van der Waals surface area contributed by atoms with Crippen LogP contribution in [0.15, 0.2) is 61.1 Å². The Hall–Kier alpha value is -2.62. The molecule has 106 valence electrons. The molecule has 21 heavy (non-hydrogen) atoms. The Kier molecular flexibility index (Phi) is 3.96. The van der Waals surface area contributed by atoms with E-state index in [4.69, 9.17) is 0 Å². The van der Waals surface area contributed by atoms with Crippen LogP contribution in [0.4, 0.5) is 5.95 Å². The number of nitrogens with one attached hydrogen (secondary N) is 1. The van der Waals surface area contributed by atoms with Crippen LogP contribution in [0.1, 0.15) is 11.3 Å². The molecule has 0 aliphatic carbocycles. The molecule has 3 rings (SSSR count). The summed E-state index contributed by atoms with van der Waals surface area (Å²) in [7, 11) is 0. The quantitative estimate of drug-likeness (QED) is 0.779. The van der Waals surface area contributed by atoms with Crippen LogP contribution in [0.5, 0.6) is 0 Å². The molecule has 4 nitrogen and oxygen atoms in total. The van der Waals surface area contributed by atoms with Crippen molar-refractivity contribution in [3.63, 3.8) is 0 Å². The van der Waals surface area contributed by atoms with Crippen LogP contribution in [0.2, 0.25) is 0 Å². The Morgan fingerprint density at radius 3 is 2.71 bits per heavy atom. The number of rotatable bonds is 5. The highest BCUT2D eigenvalue weighted by atomic mass is 15.2. The van der Waals surface area contributed by atoms with Gasteiger partial charge in [0.2, 0.25) is 5.95 Å². The summed E-state index contributed by atoms with van der Waals surface area (Å²) in [6, 6.07) is 14.3. The first-order valence-corrected chi connectivity index (χ1v) is 7.07. The van der Waals surface area contributed by atoms with E-state index in [1.165, 1.54) is 5.56 Å². The number of aromatic nitrogens is 3. The van der Waals surface area contributed by atoms with Crippen LogP contribution < -0.4 is 5.32 Å². The number of pyridine rings is 1. The maximum atomic E-state index is 4.55. The van der Waals surface area contributed by atoms with Gasteiger partial charge in [-0.25, -0.2) is 4.98 Å². The molecule has 1 aromatic carbocycles. The molecule has 0 saturated carbocycles. The Morgan fingerprint density at radius 2 is 1.95 bits per heavy atom. The Balaban J connectivity index is 1.71. The van der Waals surface area contributed by atoms with Crippen molar-refractivity contribution < 1.29 is 0 Å². The van der Waals surface area contributed by atoms with Gasteiger partial charge in [-0.05, 0) is 37.1 Å². The molecule has 2 aromatic heterocycles. The van der Waals surface area contributed by atoms with E-state index in [9.17, 15) is 0 Å². The third kappa shape index (κ3) is 3.28. The van der Waals surface area contributed by atoms with Gasteiger partial charge < -0.3 is 5.32 Å². The highest BCUT2D eigenvalue weighted by Crippen LogP contribution is 2.16. The maximum absolute atomic E-state index is 4.55. The molecule has 1 N–H and O–H groups in total. The fourth-order valence-electron chi connectivity index (χ4n) is 2.27. The highest BCUT2D eigenvalue weighted by molar-refractivity contribution is 5.43. The SMILES string of the molecule is Cc1cn(-c2ccccc2)c(NCCc2cccnc2)n1. The molecule has 0 radical (unpaired) electrons. The summed E-state index contributed by atoms with van der Waals surface area (Å²) >= 11 is 0. The van der Waals surface area contributed by atoms with E-state index in [0.29, 0.717) is 0 Å². The Labute approximate surface area is 124 Å². The van der Waals surface area contributed by atoms with Gasteiger partial charge in [0.25, 0.3) is 0 Å². The van der Waals surface area contributed by atoms with Crippen molar-refractivity contribution in [2.45, 2.75) is 13.3 Å². The van der Waals surface area contributed by atoms with Gasteiger partial charge in [0.15, 0.2) is 0 Å². The first-order chi connectivity index (χ1) is 10.3. The minimum absolute atomic E-state index is 0.828. The van der Waals surface area contributed by atoms with Gasteiger partial charge in [-0.1, -0.05) is 24.3 Å². The van der Waals surface area contributed by atoms with Gasteiger partial charge in [-0.2, -0.15) is 0 Å². The molecule has 0 spiro atoms. The lowest BCUT2D eigenvalue weighted by atomic mass is 10.2. The van der Waals surface area contributed by atoms with Crippen molar-refractivity contribution >= 4 is 5.95 Å². The molecule has 0 unspecified atom stereocenters. The van der Waals surface area contributed by atoms with E-state index in [-0.39, 0.29) is 0 Å². The average molecular weight is 278 g/mol. The number of imidazole rings is 1. The van der Waals surface area contributed by atoms with Gasteiger partial charge in [-0.15, -0.1) is 0 Å². The number of hydrogen-bond acceptors (Lipinski definition) is 3. The normalized spacial score (nSPS) is 10.5. The van der Waals surface area contributed by atoms with Crippen molar-refractivity contribution in [2.24, 2.45) is 0 Å². The minimum atomic E-state index is 0.828. The molecular formula is C17H18N4. The van der Waals surface area contributed by atoms with E-state index >= 15 is 0 Å². The summed E-state index contributed by atoms with van der Waals surface area (Å²) in [5.74, 6) is 0.877. The summed E-state index contributed by atoms with van der Waals surface area (Å²) in [4.78, 5) is 8.69. The van der Waals surface area contributed by atoms with E-state index in [2.05, 4.69) is 38.1 Å². The number of nitrogens with zero attached hydrogens (tertiary/aromatic N) is 3. The molecule has 0 aliphatic rings. The first-order valence-electron chi connectivity index (χ1n) is 7.07. The summed E-state index contributed by atoms with van der Waals surface area (Å²) in [5, 5.41) is 3.41. The lowest BCUT2D eigenvalue weighted by molar-refractivity contribution is 0.955. The van der Waals surface area contributed by atoms with E-state index in [0.717, 1.165) is 30.3 Å². The lowest BCUT2D eigenvalue weighted by Crippen LogP contribution is -2.09. The van der Waals surface area contributed by atoms with Crippen LogP contribution in [0.25, 0.3) is 5.69 Å². The van der Waals surface area contributed by atoms with Crippen LogP contribution >= 0.6 is 0 Å². The van der Waals surface area contributed by atoms with Crippen LogP contribution in [0, 0.1) is 6.92 Å². The predicted molar refractivity (Wildman–Crippen MR) is 84.7 cm³/mol. The number of aryl methyl sites for hydroxylation is 1. The summed E-state index contributed by atoms with van der Waals surface area (Å²) in [5.41, 5.74) is 3.34. The van der Waals surface area contributed by atoms with E-state index in [1.807, 2.05) is 43.6 Å². The standard InChI is InChI=1S/C17H18N4/c1-14-13-21(16-7-3-2-4-8-16)17(20-14)19-11-9-15-6-5-10-18-12-15/h2-8,10,12-13H,9,11H2,1H3,(H,19,20). The van der Waals surface area contributed by atoms with Crippen molar-refractivity contribution in [3.8, 4) is 5.69 Å². The van der Waals surface area contributed by atoms with Gasteiger partial charge >= 0.3 is 0 Å². The monoisotopic (exact) mass is 278 g/mol. The van der Waals surface area contributed by atoms with Gasteiger partial charge in [0.05, 0.1) is 5.69 Å². The predicted octanol–water partition coefficient (Wildman–Crippen LogP) is 3.23. The van der Waals surface area contributed by atoms with Crippen molar-refractivity contribution in [3.05, 3.63) is 72.3 Å². The number of para-hydroxylation sites is 1. The zero-order valence-electron chi connectivity index (χ0n) is 12.0. The molecule has 3 aromatic rings. The smallest absolute Gasteiger partial charge is 0.207 e. The van der Waals surface area contributed by atoms with E-state index < -0.39 is 0 Å². The highest BCUT2D eigenvalue weighted by Gasteiger charge is 2.06. The van der Waals surface area contributed by atoms with Crippen molar-refractivity contribution in [2.75, 3.05) is 11.9 Å². The molecule has 0 amide bonds. The fourth-order valence-corrected chi connectivity index (χ4v) is 2.27. The lowest BCUT2D eigenvalue weighted by Gasteiger charge is -2.09. The van der Waals surface area contributed by atoms with Crippen LogP contribution in [0.3, 0.4) is 0 Å². The zero-order valence-corrected chi connectivity index (χ0v) is 12.0. The topological polar surface area (TPSA) is 42.7 Å². The van der Waals surface area contributed by atoms with Crippen molar-refractivity contribution in [1.29, 1.82) is 0 Å². The van der Waals surface area contributed by atoms with Crippen molar-refractivity contribution in [1.82, 2.24) is 14.5 Å². The summed E-state index contributed by atoms with van der Waals surface area (Å²) in [6.45, 7) is 2.83. The second-order valence-corrected chi connectivity index (χ2v) is 4.95. The van der Waals surface area contributed by atoms with Crippen LogP contribution in [-0.2, 0) is 6.42 Å². The minimum Gasteiger partial charge on any atom is -0.355 e. The Bertz CT molecular complexity index is 689. The number of hydrogen-bond donors (Lipinski definition) is 1. The summed E-state index contributed by atoms with van der Waals surface area (Å²) < 4.78 is 2.08. The zero-order chi connectivity index (χ0) is 14.5. The molecule has 0 aliphatic heterocycles. The van der Waals surface area contributed by atoms with Crippen LogP contribution in [-0.4, -0.2) is 21.1 Å². The first kappa shape index (κ1) is 13.4. The molecule has 0 fully saturated rings. The van der Waals surface area contributed by atoms with Gasteiger partial charge in [0, 0.05) is 30.8 Å². The second kappa shape index (κ2) is 6.22. The largest absolute Gasteiger partial charge is 0.355 e. The number of anilines is 1. The fraction of sp³-hybridized carbons (Fsp3) is 0.176. The van der Waals surface area contributed by atoms with E-state index in [1.54, 1.807) is 6.20 Å². The second-order valence-electron chi connectivity index (χ2n) is 4.95. The molecule has 2 heterocycles. The molecular weight excluding hydrogens is 260 g/mol. The average Bonchev–Trinajstić information content (AvgIpc) is 2.90. The third-order valence-electron chi connectivity index (χ3n) is 3.28. The summed E-state index contributed by atoms with van der Waals surface area (Å²) in [6.07, 6.45) is 6.66. The third-order valence-corrected chi connectivity index (χ3v) is 3.28. The molecule has 0 bridgehead atoms.